The summed E-state index contributed by atoms with van der Waals surface area (Å²) in [5, 5.41) is 0. The average molecular weight is 210 g/mol. The monoisotopic (exact) mass is 210 g/mol. The molecule has 0 bridgehead atoms. The lowest BCUT2D eigenvalue weighted by atomic mass is 10.1. The van der Waals surface area contributed by atoms with Gasteiger partial charge in [0.15, 0.2) is 0 Å². The summed E-state index contributed by atoms with van der Waals surface area (Å²) in [6.45, 7) is 4.69. The van der Waals surface area contributed by atoms with Gasteiger partial charge in [-0.05, 0) is 13.3 Å². The first-order valence-corrected chi connectivity index (χ1v) is 5.17. The van der Waals surface area contributed by atoms with Gasteiger partial charge in [-0.25, -0.2) is 5.43 Å². The topological polar surface area (TPSA) is 73.1 Å². The molecular weight excluding hydrogens is 192 g/mol. The smallest absolute Gasteiger partial charge is 0.0908 e. The van der Waals surface area contributed by atoms with Crippen LogP contribution in [0.25, 0.3) is 0 Å². The minimum Gasteiger partial charge on any atom is -0.376 e. The Morgan fingerprint density at radius 2 is 2.27 bits per heavy atom. The molecule has 84 valence electrons. The molecular formula is C10H18N4O. The summed E-state index contributed by atoms with van der Waals surface area (Å²) in [4.78, 5) is 8.23. The number of aromatic nitrogens is 2. The predicted octanol–water partition coefficient (Wildman–Crippen LogP) is 0.796. The number of hydrogen-bond donors (Lipinski definition) is 2. The molecule has 2 atom stereocenters. The lowest BCUT2D eigenvalue weighted by molar-refractivity contribution is 0.0302. The molecule has 0 saturated heterocycles. The van der Waals surface area contributed by atoms with Gasteiger partial charge in [-0.15, -0.1) is 0 Å². The van der Waals surface area contributed by atoms with Crippen LogP contribution >= 0.6 is 0 Å². The average Bonchev–Trinajstić information content (AvgIpc) is 2.30. The van der Waals surface area contributed by atoms with Crippen LogP contribution in [-0.4, -0.2) is 22.7 Å². The Morgan fingerprint density at radius 3 is 2.73 bits per heavy atom. The van der Waals surface area contributed by atoms with E-state index >= 15 is 0 Å². The lowest BCUT2D eigenvalue weighted by Crippen LogP contribution is -2.38. The van der Waals surface area contributed by atoms with Crippen LogP contribution in [0, 0.1) is 0 Å². The Hall–Kier alpha value is -1.04. The third kappa shape index (κ3) is 3.23. The zero-order valence-corrected chi connectivity index (χ0v) is 9.18. The molecule has 0 aliphatic carbocycles. The first-order valence-electron chi connectivity index (χ1n) is 5.17. The third-order valence-electron chi connectivity index (χ3n) is 2.24. The Labute approximate surface area is 90.0 Å². The van der Waals surface area contributed by atoms with Crippen molar-refractivity contribution in [3.8, 4) is 0 Å². The Bertz CT molecular complexity index is 267. The SMILES string of the molecule is CCOC(CC)C(NN)c1cnccn1. The van der Waals surface area contributed by atoms with Gasteiger partial charge in [0, 0.05) is 19.0 Å². The van der Waals surface area contributed by atoms with E-state index in [9.17, 15) is 0 Å². The molecule has 5 nitrogen and oxygen atoms in total. The molecule has 5 heteroatoms. The Morgan fingerprint density at radius 1 is 1.47 bits per heavy atom. The molecule has 0 aliphatic rings. The highest BCUT2D eigenvalue weighted by Gasteiger charge is 2.22. The van der Waals surface area contributed by atoms with E-state index in [1.54, 1.807) is 18.6 Å². The van der Waals surface area contributed by atoms with Crippen LogP contribution < -0.4 is 11.3 Å². The van der Waals surface area contributed by atoms with Crippen molar-refractivity contribution in [3.05, 3.63) is 24.3 Å². The molecule has 1 rings (SSSR count). The quantitative estimate of drug-likeness (QED) is 0.536. The van der Waals surface area contributed by atoms with Crippen molar-refractivity contribution >= 4 is 0 Å². The molecule has 3 N–H and O–H groups in total. The van der Waals surface area contributed by atoms with Crippen molar-refractivity contribution in [2.45, 2.75) is 32.4 Å². The first kappa shape index (κ1) is 12.0. The molecule has 0 aromatic carbocycles. The number of nitrogens with one attached hydrogen (secondary N) is 1. The first-order chi connectivity index (χ1) is 7.33. The maximum Gasteiger partial charge on any atom is 0.0908 e. The second kappa shape index (κ2) is 6.44. The number of ether oxygens (including phenoxy) is 1. The molecule has 0 radical (unpaired) electrons. The molecule has 2 unspecified atom stereocenters. The summed E-state index contributed by atoms with van der Waals surface area (Å²) < 4.78 is 5.59. The van der Waals surface area contributed by atoms with E-state index in [2.05, 4.69) is 22.3 Å². The van der Waals surface area contributed by atoms with E-state index in [1.165, 1.54) is 0 Å². The predicted molar refractivity (Wildman–Crippen MR) is 57.8 cm³/mol. The van der Waals surface area contributed by atoms with Gasteiger partial charge in [0.05, 0.1) is 24.0 Å². The van der Waals surface area contributed by atoms with Gasteiger partial charge in [-0.3, -0.25) is 15.8 Å². The second-order valence-corrected chi connectivity index (χ2v) is 3.18. The number of nitrogens with zero attached hydrogens (tertiary/aromatic N) is 2. The second-order valence-electron chi connectivity index (χ2n) is 3.18. The van der Waals surface area contributed by atoms with Crippen molar-refractivity contribution in [2.24, 2.45) is 5.84 Å². The standard InChI is InChI=1S/C10H18N4O/c1-3-9(15-4-2)10(14-11)8-7-12-5-6-13-8/h5-7,9-10,14H,3-4,11H2,1-2H3. The normalized spacial score (nSPS) is 14.9. The van der Waals surface area contributed by atoms with Gasteiger partial charge in [0.1, 0.15) is 0 Å². The van der Waals surface area contributed by atoms with Crippen LogP contribution in [0.15, 0.2) is 18.6 Å². The minimum absolute atomic E-state index is 0.0247. The van der Waals surface area contributed by atoms with E-state index in [0.29, 0.717) is 6.61 Å². The maximum atomic E-state index is 5.59. The van der Waals surface area contributed by atoms with Gasteiger partial charge in [0.2, 0.25) is 0 Å². The number of nitrogens with two attached hydrogens (primary N) is 1. The van der Waals surface area contributed by atoms with Crippen molar-refractivity contribution in [2.75, 3.05) is 6.61 Å². The summed E-state index contributed by atoms with van der Waals surface area (Å²) in [5.41, 5.74) is 3.53. The number of hydrogen-bond acceptors (Lipinski definition) is 5. The molecule has 0 fully saturated rings. The van der Waals surface area contributed by atoms with Crippen molar-refractivity contribution in [3.63, 3.8) is 0 Å². The summed E-state index contributed by atoms with van der Waals surface area (Å²) in [7, 11) is 0. The molecule has 1 heterocycles. The van der Waals surface area contributed by atoms with Gasteiger partial charge in [0.25, 0.3) is 0 Å². The summed E-state index contributed by atoms with van der Waals surface area (Å²) in [6.07, 6.45) is 5.89. The zero-order chi connectivity index (χ0) is 11.1. The van der Waals surface area contributed by atoms with Crippen LogP contribution in [0.2, 0.25) is 0 Å². The van der Waals surface area contributed by atoms with Gasteiger partial charge >= 0.3 is 0 Å². The lowest BCUT2D eigenvalue weighted by Gasteiger charge is -2.24. The van der Waals surface area contributed by atoms with E-state index in [1.807, 2.05) is 6.92 Å². The molecule has 1 aromatic heterocycles. The fourth-order valence-electron chi connectivity index (χ4n) is 1.52. The fraction of sp³-hybridized carbons (Fsp3) is 0.600. The third-order valence-corrected chi connectivity index (χ3v) is 2.24. The van der Waals surface area contributed by atoms with Crippen molar-refractivity contribution in [1.82, 2.24) is 15.4 Å². The maximum absolute atomic E-state index is 5.59. The molecule has 0 amide bonds. The van der Waals surface area contributed by atoms with Crippen LogP contribution in [0.3, 0.4) is 0 Å². The molecule has 15 heavy (non-hydrogen) atoms. The van der Waals surface area contributed by atoms with E-state index in [-0.39, 0.29) is 12.1 Å². The van der Waals surface area contributed by atoms with Gasteiger partial charge < -0.3 is 4.74 Å². The summed E-state index contributed by atoms with van der Waals surface area (Å²) in [6, 6.07) is -0.108. The van der Waals surface area contributed by atoms with Crippen molar-refractivity contribution in [1.29, 1.82) is 0 Å². The molecule has 0 spiro atoms. The van der Waals surface area contributed by atoms with E-state index < -0.39 is 0 Å². The van der Waals surface area contributed by atoms with Gasteiger partial charge in [-0.2, -0.15) is 0 Å². The minimum atomic E-state index is -0.108. The van der Waals surface area contributed by atoms with E-state index in [4.69, 9.17) is 10.6 Å². The van der Waals surface area contributed by atoms with Crippen LogP contribution in [0.5, 0.6) is 0 Å². The molecule has 1 aromatic rings. The fourth-order valence-corrected chi connectivity index (χ4v) is 1.52. The molecule has 0 saturated carbocycles. The van der Waals surface area contributed by atoms with Crippen LogP contribution in [0.1, 0.15) is 32.0 Å². The van der Waals surface area contributed by atoms with Crippen molar-refractivity contribution < 1.29 is 4.74 Å². The highest BCUT2D eigenvalue weighted by molar-refractivity contribution is 5.04. The Kier molecular flexibility index (Phi) is 5.17. The molecule has 0 aliphatic heterocycles. The highest BCUT2D eigenvalue weighted by atomic mass is 16.5. The van der Waals surface area contributed by atoms with Crippen LogP contribution in [0.4, 0.5) is 0 Å². The number of hydrazine groups is 1. The summed E-state index contributed by atoms with van der Waals surface area (Å²) in [5.74, 6) is 5.51. The highest BCUT2D eigenvalue weighted by Crippen LogP contribution is 2.17. The van der Waals surface area contributed by atoms with Gasteiger partial charge in [-0.1, -0.05) is 6.92 Å². The van der Waals surface area contributed by atoms with E-state index in [0.717, 1.165) is 12.1 Å². The Balaban J connectivity index is 2.77. The largest absolute Gasteiger partial charge is 0.376 e. The summed E-state index contributed by atoms with van der Waals surface area (Å²) >= 11 is 0. The number of rotatable bonds is 6. The zero-order valence-electron chi connectivity index (χ0n) is 9.18. The van der Waals surface area contributed by atoms with Crippen LogP contribution in [-0.2, 0) is 4.74 Å².